The molecular weight excluding hydrogens is 260 g/mol. The zero-order chi connectivity index (χ0) is 13.9. The predicted octanol–water partition coefficient (Wildman–Crippen LogP) is 1.75. The van der Waals surface area contributed by atoms with Crippen LogP contribution in [0.3, 0.4) is 0 Å². The van der Waals surface area contributed by atoms with Crippen LogP contribution in [0.5, 0.6) is 0 Å². The Morgan fingerprint density at radius 1 is 1.32 bits per heavy atom. The molecule has 0 spiro atoms. The van der Waals surface area contributed by atoms with Crippen molar-refractivity contribution in [1.29, 1.82) is 0 Å². The van der Waals surface area contributed by atoms with Crippen molar-refractivity contribution in [2.75, 3.05) is 5.32 Å². The summed E-state index contributed by atoms with van der Waals surface area (Å²) in [7, 11) is 0. The fraction of sp³-hybridized carbons (Fsp3) is 0.333. The van der Waals surface area contributed by atoms with Gasteiger partial charge in [-0.05, 0) is 39.1 Å². The maximum Gasteiger partial charge on any atom is 0.172 e. The molecule has 0 aliphatic heterocycles. The first-order chi connectivity index (χ1) is 8.94. The predicted molar refractivity (Wildman–Crippen MR) is 78.3 cm³/mol. The molecule has 0 saturated carbocycles. The lowest BCUT2D eigenvalue weighted by Crippen LogP contribution is -2.43. The van der Waals surface area contributed by atoms with Gasteiger partial charge in [0.05, 0.1) is 0 Å². The van der Waals surface area contributed by atoms with Crippen molar-refractivity contribution in [3.8, 4) is 5.82 Å². The summed E-state index contributed by atoms with van der Waals surface area (Å²) < 4.78 is 1.66. The third-order valence-electron chi connectivity index (χ3n) is 2.12. The quantitative estimate of drug-likeness (QED) is 0.815. The van der Waals surface area contributed by atoms with E-state index >= 15 is 0 Å². The molecule has 0 aromatic carbocycles. The first-order valence-corrected chi connectivity index (χ1v) is 6.26. The molecule has 0 amide bonds. The number of thiocarbonyl (C=S) groups is 1. The highest BCUT2D eigenvalue weighted by Gasteiger charge is 2.11. The molecule has 0 aliphatic rings. The number of aromatic nitrogens is 4. The summed E-state index contributed by atoms with van der Waals surface area (Å²) in [5.41, 5.74) is -0.0953. The second-order valence-corrected chi connectivity index (χ2v) is 5.45. The Balaban J connectivity index is 2.10. The molecule has 2 aromatic heterocycles. The Hall–Kier alpha value is -2.02. The van der Waals surface area contributed by atoms with E-state index in [1.54, 1.807) is 16.9 Å². The standard InChI is InChI=1S/C12H16N6S/c1-12(2,3)17-11(19)16-9-7-10(14-8-13-9)18-6-4-5-15-18/h4-8H,1-3H3,(H2,13,14,16,17,19). The first-order valence-electron chi connectivity index (χ1n) is 5.85. The molecule has 100 valence electrons. The number of anilines is 1. The Morgan fingerprint density at radius 3 is 2.74 bits per heavy atom. The molecule has 0 fully saturated rings. The molecule has 0 bridgehead atoms. The van der Waals surface area contributed by atoms with Crippen LogP contribution in [0.25, 0.3) is 5.82 Å². The van der Waals surface area contributed by atoms with E-state index in [1.807, 2.05) is 33.0 Å². The van der Waals surface area contributed by atoms with E-state index in [2.05, 4.69) is 25.7 Å². The second-order valence-electron chi connectivity index (χ2n) is 5.04. The van der Waals surface area contributed by atoms with E-state index in [0.717, 1.165) is 0 Å². The normalized spacial score (nSPS) is 11.1. The third kappa shape index (κ3) is 3.99. The average Bonchev–Trinajstić information content (AvgIpc) is 2.79. The molecule has 7 heteroatoms. The Labute approximate surface area is 117 Å². The minimum atomic E-state index is -0.0953. The smallest absolute Gasteiger partial charge is 0.172 e. The summed E-state index contributed by atoms with van der Waals surface area (Å²) >= 11 is 5.22. The third-order valence-corrected chi connectivity index (χ3v) is 2.33. The van der Waals surface area contributed by atoms with E-state index in [0.29, 0.717) is 16.7 Å². The summed E-state index contributed by atoms with van der Waals surface area (Å²) in [5.74, 6) is 1.31. The van der Waals surface area contributed by atoms with Gasteiger partial charge in [0.25, 0.3) is 0 Å². The van der Waals surface area contributed by atoms with Gasteiger partial charge in [0, 0.05) is 24.0 Å². The monoisotopic (exact) mass is 276 g/mol. The van der Waals surface area contributed by atoms with Gasteiger partial charge in [-0.3, -0.25) is 0 Å². The van der Waals surface area contributed by atoms with Crippen LogP contribution in [-0.4, -0.2) is 30.4 Å². The van der Waals surface area contributed by atoms with Gasteiger partial charge in [-0.15, -0.1) is 0 Å². The molecule has 6 nitrogen and oxygen atoms in total. The molecule has 19 heavy (non-hydrogen) atoms. The lowest BCUT2D eigenvalue weighted by molar-refractivity contribution is 0.515. The number of hydrogen-bond acceptors (Lipinski definition) is 4. The number of nitrogens with one attached hydrogen (secondary N) is 2. The summed E-state index contributed by atoms with van der Waals surface area (Å²) in [6.07, 6.45) is 4.98. The van der Waals surface area contributed by atoms with E-state index in [9.17, 15) is 0 Å². The van der Waals surface area contributed by atoms with Gasteiger partial charge in [0.1, 0.15) is 12.1 Å². The van der Waals surface area contributed by atoms with Crippen LogP contribution >= 0.6 is 12.2 Å². The fourth-order valence-corrected chi connectivity index (χ4v) is 1.84. The molecule has 2 N–H and O–H groups in total. The zero-order valence-corrected chi connectivity index (χ0v) is 11.9. The molecule has 0 atom stereocenters. The number of hydrogen-bond donors (Lipinski definition) is 2. The van der Waals surface area contributed by atoms with Crippen LogP contribution in [0.2, 0.25) is 0 Å². The summed E-state index contributed by atoms with van der Waals surface area (Å²) in [6, 6.07) is 3.62. The highest BCUT2D eigenvalue weighted by molar-refractivity contribution is 7.80. The van der Waals surface area contributed by atoms with Gasteiger partial charge >= 0.3 is 0 Å². The van der Waals surface area contributed by atoms with Gasteiger partial charge < -0.3 is 10.6 Å². The first kappa shape index (κ1) is 13.4. The number of nitrogens with zero attached hydrogens (tertiary/aromatic N) is 4. The molecular formula is C12H16N6S. The summed E-state index contributed by atoms with van der Waals surface area (Å²) in [4.78, 5) is 8.28. The molecule has 2 aromatic rings. The Bertz CT molecular complexity index is 558. The topological polar surface area (TPSA) is 67.7 Å². The average molecular weight is 276 g/mol. The van der Waals surface area contributed by atoms with Crippen molar-refractivity contribution in [3.05, 3.63) is 30.9 Å². The van der Waals surface area contributed by atoms with Crippen molar-refractivity contribution in [3.63, 3.8) is 0 Å². The minimum absolute atomic E-state index is 0.0953. The largest absolute Gasteiger partial charge is 0.358 e. The van der Waals surface area contributed by atoms with Crippen molar-refractivity contribution < 1.29 is 0 Å². The van der Waals surface area contributed by atoms with Gasteiger partial charge in [0.2, 0.25) is 0 Å². The summed E-state index contributed by atoms with van der Waals surface area (Å²) in [5, 5.41) is 10.8. The van der Waals surface area contributed by atoms with E-state index < -0.39 is 0 Å². The van der Waals surface area contributed by atoms with E-state index in [-0.39, 0.29) is 5.54 Å². The van der Waals surface area contributed by atoms with Crippen molar-refractivity contribution in [1.82, 2.24) is 25.1 Å². The van der Waals surface area contributed by atoms with Crippen molar-refractivity contribution in [2.24, 2.45) is 0 Å². The molecule has 0 radical (unpaired) electrons. The maximum absolute atomic E-state index is 5.22. The van der Waals surface area contributed by atoms with Crippen LogP contribution in [0.4, 0.5) is 5.82 Å². The zero-order valence-electron chi connectivity index (χ0n) is 11.1. The van der Waals surface area contributed by atoms with Crippen molar-refractivity contribution in [2.45, 2.75) is 26.3 Å². The van der Waals surface area contributed by atoms with Crippen LogP contribution in [-0.2, 0) is 0 Å². The molecule has 2 rings (SSSR count). The number of rotatable bonds is 2. The Morgan fingerprint density at radius 2 is 2.11 bits per heavy atom. The van der Waals surface area contributed by atoms with E-state index in [1.165, 1.54) is 6.33 Å². The van der Waals surface area contributed by atoms with Crippen LogP contribution < -0.4 is 10.6 Å². The van der Waals surface area contributed by atoms with Gasteiger partial charge in [-0.25, -0.2) is 14.6 Å². The van der Waals surface area contributed by atoms with Crippen molar-refractivity contribution >= 4 is 23.1 Å². The summed E-state index contributed by atoms with van der Waals surface area (Å²) in [6.45, 7) is 6.11. The molecule has 2 heterocycles. The molecule has 0 aliphatic carbocycles. The van der Waals surface area contributed by atoms with Crippen LogP contribution in [0.15, 0.2) is 30.9 Å². The minimum Gasteiger partial charge on any atom is -0.358 e. The maximum atomic E-state index is 5.22. The molecule has 0 unspecified atom stereocenters. The highest BCUT2D eigenvalue weighted by atomic mass is 32.1. The molecule has 0 saturated heterocycles. The van der Waals surface area contributed by atoms with Crippen LogP contribution in [0.1, 0.15) is 20.8 Å². The lowest BCUT2D eigenvalue weighted by Gasteiger charge is -2.22. The Kier molecular flexibility index (Phi) is 3.75. The SMILES string of the molecule is CC(C)(C)NC(=S)Nc1cc(-n2cccn2)ncn1. The van der Waals surface area contributed by atoms with Gasteiger partial charge in [-0.1, -0.05) is 0 Å². The highest BCUT2D eigenvalue weighted by Crippen LogP contribution is 2.08. The van der Waals surface area contributed by atoms with Crippen LogP contribution in [0, 0.1) is 0 Å². The lowest BCUT2D eigenvalue weighted by atomic mass is 10.1. The fourth-order valence-electron chi connectivity index (χ4n) is 1.43. The van der Waals surface area contributed by atoms with Gasteiger partial charge in [-0.2, -0.15) is 5.10 Å². The second kappa shape index (κ2) is 5.31. The van der Waals surface area contributed by atoms with E-state index in [4.69, 9.17) is 12.2 Å². The van der Waals surface area contributed by atoms with Gasteiger partial charge in [0.15, 0.2) is 10.9 Å².